The molecule has 154 valence electrons. The van der Waals surface area contributed by atoms with Gasteiger partial charge in [-0.25, -0.2) is 4.79 Å². The van der Waals surface area contributed by atoms with Gasteiger partial charge in [0.2, 0.25) is 0 Å². The third kappa shape index (κ3) is 4.73. The van der Waals surface area contributed by atoms with Crippen molar-refractivity contribution in [2.75, 3.05) is 33.3 Å². The fourth-order valence-corrected chi connectivity index (χ4v) is 2.74. The van der Waals surface area contributed by atoms with Gasteiger partial charge in [-0.05, 0) is 6.92 Å². The quantitative estimate of drug-likeness (QED) is 0.406. The van der Waals surface area contributed by atoms with Crippen molar-refractivity contribution in [3.8, 4) is 11.5 Å². The Balaban J connectivity index is 2.37. The second-order valence-electron chi connectivity index (χ2n) is 6.14. The maximum atomic E-state index is 12.8. The van der Waals surface area contributed by atoms with Crippen LogP contribution in [0, 0.1) is 0 Å². The number of amides is 1. The number of carbonyl (C=O) groups excluding carboxylic acids is 2. The fraction of sp³-hybridized carbons (Fsp3) is 0.474. The van der Waals surface area contributed by atoms with Gasteiger partial charge in [0, 0.05) is 25.2 Å². The first-order chi connectivity index (χ1) is 13.3. The van der Waals surface area contributed by atoms with Gasteiger partial charge in [0.05, 0.1) is 44.8 Å². The van der Waals surface area contributed by atoms with Crippen LogP contribution < -0.4 is 14.8 Å². The van der Waals surface area contributed by atoms with Crippen molar-refractivity contribution >= 4 is 17.6 Å². The van der Waals surface area contributed by atoms with E-state index in [9.17, 15) is 14.7 Å². The lowest BCUT2D eigenvalue weighted by atomic mass is 10.0. The average Bonchev–Trinajstić information content (AvgIpc) is 2.69. The van der Waals surface area contributed by atoms with Gasteiger partial charge in [-0.2, -0.15) is 0 Å². The van der Waals surface area contributed by atoms with E-state index in [-0.39, 0.29) is 22.8 Å². The Labute approximate surface area is 163 Å². The van der Waals surface area contributed by atoms with E-state index in [4.69, 9.17) is 23.7 Å². The zero-order valence-corrected chi connectivity index (χ0v) is 16.3. The van der Waals surface area contributed by atoms with Crippen molar-refractivity contribution in [1.29, 1.82) is 0 Å². The molecule has 1 heterocycles. The molecule has 1 saturated heterocycles. The number of aliphatic hydroxyl groups is 1. The van der Waals surface area contributed by atoms with Crippen LogP contribution in [0.1, 0.15) is 23.7 Å². The zero-order valence-electron chi connectivity index (χ0n) is 16.3. The minimum absolute atomic E-state index is 0.0138. The highest BCUT2D eigenvalue weighted by atomic mass is 16.6. The number of carbonyl (C=O) groups is 2. The Morgan fingerprint density at radius 1 is 1.21 bits per heavy atom. The summed E-state index contributed by atoms with van der Waals surface area (Å²) in [6.45, 7) is 5.57. The van der Waals surface area contributed by atoms with E-state index in [1.165, 1.54) is 33.5 Å². The van der Waals surface area contributed by atoms with E-state index in [0.717, 1.165) is 0 Å². The molecular formula is C19H25NO8. The molecule has 9 nitrogen and oxygen atoms in total. The summed E-state index contributed by atoms with van der Waals surface area (Å²) in [5.74, 6) is -0.976. The number of ether oxygens (including phenoxy) is 5. The highest BCUT2D eigenvalue weighted by Gasteiger charge is 2.34. The molecule has 0 bridgehead atoms. The average molecular weight is 395 g/mol. The molecule has 0 aromatic heterocycles. The molecule has 1 amide bonds. The Kier molecular flexibility index (Phi) is 7.24. The van der Waals surface area contributed by atoms with Crippen molar-refractivity contribution < 1.29 is 38.4 Å². The normalized spacial score (nSPS) is 21.4. The molecule has 0 spiro atoms. The minimum Gasteiger partial charge on any atom is -0.493 e. The number of hydrogen-bond acceptors (Lipinski definition) is 8. The number of rotatable bonds is 7. The van der Waals surface area contributed by atoms with Crippen LogP contribution >= 0.6 is 0 Å². The molecule has 1 fully saturated rings. The molecule has 1 aliphatic rings. The highest BCUT2D eigenvalue weighted by molar-refractivity contribution is 6.07. The van der Waals surface area contributed by atoms with Gasteiger partial charge in [0.25, 0.3) is 5.91 Å². The van der Waals surface area contributed by atoms with Crippen molar-refractivity contribution in [2.45, 2.75) is 31.7 Å². The molecule has 2 rings (SSSR count). The standard InChI is InChI=1S/C19H25NO8/c1-10-17(14(21)6-7-27-10)28-19(23)12-8-15(25-4)16(26-5)9-13(12)20-18(22)11(2)24-3/h8-10,14,17,21H,2,6-7H2,1,3-5H3,(H,20,22). The molecule has 1 aliphatic heterocycles. The van der Waals surface area contributed by atoms with Gasteiger partial charge in [-0.1, -0.05) is 6.58 Å². The fourth-order valence-electron chi connectivity index (χ4n) is 2.74. The lowest BCUT2D eigenvalue weighted by Gasteiger charge is -2.33. The monoisotopic (exact) mass is 395 g/mol. The molecule has 0 radical (unpaired) electrons. The van der Waals surface area contributed by atoms with Gasteiger partial charge in [-0.3, -0.25) is 4.79 Å². The molecule has 9 heteroatoms. The van der Waals surface area contributed by atoms with Gasteiger partial charge in [0.15, 0.2) is 23.4 Å². The van der Waals surface area contributed by atoms with Gasteiger partial charge < -0.3 is 34.1 Å². The molecular weight excluding hydrogens is 370 g/mol. The van der Waals surface area contributed by atoms with Crippen molar-refractivity contribution in [1.82, 2.24) is 0 Å². The molecule has 1 aromatic carbocycles. The molecule has 3 atom stereocenters. The number of aliphatic hydroxyl groups excluding tert-OH is 1. The van der Waals surface area contributed by atoms with Crippen molar-refractivity contribution in [2.24, 2.45) is 0 Å². The number of methoxy groups -OCH3 is 3. The van der Waals surface area contributed by atoms with Gasteiger partial charge >= 0.3 is 5.97 Å². The Hall–Kier alpha value is -2.78. The topological polar surface area (TPSA) is 113 Å². The summed E-state index contributed by atoms with van der Waals surface area (Å²) >= 11 is 0. The second-order valence-corrected chi connectivity index (χ2v) is 6.14. The Morgan fingerprint density at radius 2 is 1.86 bits per heavy atom. The largest absolute Gasteiger partial charge is 0.493 e. The van der Waals surface area contributed by atoms with Gasteiger partial charge in [0.1, 0.15) is 0 Å². The van der Waals surface area contributed by atoms with Gasteiger partial charge in [-0.15, -0.1) is 0 Å². The lowest BCUT2D eigenvalue weighted by Crippen LogP contribution is -2.45. The van der Waals surface area contributed by atoms with Crippen LogP contribution in [0.15, 0.2) is 24.5 Å². The third-order valence-electron chi connectivity index (χ3n) is 4.37. The van der Waals surface area contributed by atoms with Crippen LogP contribution in [0.2, 0.25) is 0 Å². The molecule has 3 unspecified atom stereocenters. The van der Waals surface area contributed by atoms with E-state index in [1.54, 1.807) is 6.92 Å². The predicted octanol–water partition coefficient (Wildman–Crippen LogP) is 1.50. The van der Waals surface area contributed by atoms with Crippen LogP contribution in [-0.4, -0.2) is 63.2 Å². The summed E-state index contributed by atoms with van der Waals surface area (Å²) in [7, 11) is 4.14. The Bertz CT molecular complexity index is 738. The predicted molar refractivity (Wildman–Crippen MR) is 99.6 cm³/mol. The van der Waals surface area contributed by atoms with E-state index < -0.39 is 30.2 Å². The Morgan fingerprint density at radius 3 is 2.43 bits per heavy atom. The number of benzene rings is 1. The number of esters is 1. The first-order valence-electron chi connectivity index (χ1n) is 8.63. The minimum atomic E-state index is -0.848. The SMILES string of the molecule is C=C(OC)C(=O)Nc1cc(OC)c(OC)cc1C(=O)OC1C(O)CCOC1C. The summed E-state index contributed by atoms with van der Waals surface area (Å²) in [4.78, 5) is 25.0. The maximum Gasteiger partial charge on any atom is 0.340 e. The molecule has 0 aliphatic carbocycles. The number of anilines is 1. The van der Waals surface area contributed by atoms with Crippen LogP contribution in [0.4, 0.5) is 5.69 Å². The summed E-state index contributed by atoms with van der Waals surface area (Å²) in [6, 6.07) is 2.81. The van der Waals surface area contributed by atoms with E-state index in [0.29, 0.717) is 18.8 Å². The first-order valence-corrected chi connectivity index (χ1v) is 8.63. The van der Waals surface area contributed by atoms with Crippen molar-refractivity contribution in [3.63, 3.8) is 0 Å². The second kappa shape index (κ2) is 9.43. The molecule has 2 N–H and O–H groups in total. The summed E-state index contributed by atoms with van der Waals surface area (Å²) in [5, 5.41) is 12.7. The van der Waals surface area contributed by atoms with E-state index in [2.05, 4.69) is 11.9 Å². The van der Waals surface area contributed by atoms with Crippen LogP contribution in [0.5, 0.6) is 11.5 Å². The van der Waals surface area contributed by atoms with E-state index in [1.807, 2.05) is 0 Å². The highest BCUT2D eigenvalue weighted by Crippen LogP contribution is 2.34. The van der Waals surface area contributed by atoms with Crippen LogP contribution in [0.3, 0.4) is 0 Å². The number of hydrogen-bond donors (Lipinski definition) is 2. The zero-order chi connectivity index (χ0) is 20.8. The maximum absolute atomic E-state index is 12.8. The van der Waals surface area contributed by atoms with Crippen LogP contribution in [0.25, 0.3) is 0 Å². The van der Waals surface area contributed by atoms with E-state index >= 15 is 0 Å². The molecule has 28 heavy (non-hydrogen) atoms. The van der Waals surface area contributed by atoms with Crippen LogP contribution in [-0.2, 0) is 19.0 Å². The van der Waals surface area contributed by atoms with Crippen molar-refractivity contribution in [3.05, 3.63) is 30.0 Å². The summed E-state index contributed by atoms with van der Waals surface area (Å²) in [5.41, 5.74) is 0.129. The molecule has 1 aromatic rings. The lowest BCUT2D eigenvalue weighted by molar-refractivity contribution is -0.132. The smallest absolute Gasteiger partial charge is 0.340 e. The summed E-state index contributed by atoms with van der Waals surface area (Å²) in [6.07, 6.45) is -1.81. The third-order valence-corrected chi connectivity index (χ3v) is 4.37. The number of nitrogens with one attached hydrogen (secondary N) is 1. The first kappa shape index (κ1) is 21.5. The summed E-state index contributed by atoms with van der Waals surface area (Å²) < 4.78 is 26.2. The molecule has 0 saturated carbocycles.